The number of carbonyl (C=O) groups is 1. The van der Waals surface area contributed by atoms with Gasteiger partial charge in [-0.2, -0.15) is 13.2 Å². The minimum absolute atomic E-state index is 0.114. The van der Waals surface area contributed by atoms with Crippen molar-refractivity contribution in [3.8, 4) is 5.88 Å². The number of aromatic nitrogens is 1. The molecule has 1 saturated carbocycles. The standard InChI is InChI=1S/C19H24F3N3O3/c20-19(21,22)16(26)12-5-6-25(9-12)18(27)15-4-3-14(13-7-23-8-13)17(24-15)28-10-11-1-2-11/h3-4,11-13,16,23,26H,1-2,5-10H2. The smallest absolute Gasteiger partial charge is 0.414 e. The number of carbonyl (C=O) groups excluding carboxylic acids is 1. The number of ether oxygens (including phenoxy) is 1. The predicted octanol–water partition coefficient (Wildman–Crippen LogP) is 1.94. The third-order valence-electron chi connectivity index (χ3n) is 5.78. The van der Waals surface area contributed by atoms with Crippen molar-refractivity contribution in [2.45, 2.75) is 37.5 Å². The number of amides is 1. The molecule has 3 aliphatic rings. The minimum atomic E-state index is -4.68. The van der Waals surface area contributed by atoms with Gasteiger partial charge >= 0.3 is 6.18 Å². The summed E-state index contributed by atoms with van der Waals surface area (Å²) >= 11 is 0. The van der Waals surface area contributed by atoms with Gasteiger partial charge in [0.2, 0.25) is 5.88 Å². The quantitative estimate of drug-likeness (QED) is 0.765. The Kier molecular flexibility index (Phi) is 5.22. The Hall–Kier alpha value is -1.87. The van der Waals surface area contributed by atoms with Gasteiger partial charge in [0, 0.05) is 43.6 Å². The summed E-state index contributed by atoms with van der Waals surface area (Å²) in [6, 6.07) is 3.46. The Morgan fingerprint density at radius 3 is 2.68 bits per heavy atom. The van der Waals surface area contributed by atoms with Crippen LogP contribution in [-0.4, -0.2) is 66.0 Å². The van der Waals surface area contributed by atoms with Gasteiger partial charge in [-0.3, -0.25) is 4.79 Å². The number of hydrogen-bond donors (Lipinski definition) is 2. The Balaban J connectivity index is 1.47. The summed E-state index contributed by atoms with van der Waals surface area (Å²) in [6.07, 6.45) is -4.71. The van der Waals surface area contributed by atoms with Crippen molar-refractivity contribution in [3.63, 3.8) is 0 Å². The molecule has 3 heterocycles. The summed E-state index contributed by atoms with van der Waals surface area (Å²) in [5.74, 6) is -0.141. The van der Waals surface area contributed by atoms with Gasteiger partial charge in [0.25, 0.3) is 5.91 Å². The van der Waals surface area contributed by atoms with Crippen LogP contribution in [0.25, 0.3) is 0 Å². The molecule has 3 fully saturated rings. The molecule has 0 radical (unpaired) electrons. The van der Waals surface area contributed by atoms with Gasteiger partial charge in [-0.15, -0.1) is 0 Å². The van der Waals surface area contributed by atoms with Crippen molar-refractivity contribution < 1.29 is 27.8 Å². The highest BCUT2D eigenvalue weighted by molar-refractivity contribution is 5.92. The highest BCUT2D eigenvalue weighted by Crippen LogP contribution is 2.34. The van der Waals surface area contributed by atoms with Gasteiger partial charge in [0.05, 0.1) is 6.61 Å². The molecule has 1 aromatic rings. The van der Waals surface area contributed by atoms with Crippen LogP contribution in [0.4, 0.5) is 13.2 Å². The van der Waals surface area contributed by atoms with Crippen LogP contribution < -0.4 is 10.1 Å². The average Bonchev–Trinajstić information content (AvgIpc) is 3.31. The molecule has 1 aromatic heterocycles. The van der Waals surface area contributed by atoms with Crippen LogP contribution >= 0.6 is 0 Å². The number of nitrogens with one attached hydrogen (secondary N) is 1. The molecule has 2 saturated heterocycles. The van der Waals surface area contributed by atoms with Gasteiger partial charge < -0.3 is 20.1 Å². The lowest BCUT2D eigenvalue weighted by Crippen LogP contribution is -2.40. The number of halogens is 3. The number of nitrogens with zero attached hydrogens (tertiary/aromatic N) is 2. The lowest BCUT2D eigenvalue weighted by atomic mass is 9.94. The lowest BCUT2D eigenvalue weighted by molar-refractivity contribution is -0.217. The summed E-state index contributed by atoms with van der Waals surface area (Å²) in [7, 11) is 0. The third kappa shape index (κ3) is 4.10. The summed E-state index contributed by atoms with van der Waals surface area (Å²) in [4.78, 5) is 18.5. The van der Waals surface area contributed by atoms with Crippen LogP contribution in [0.2, 0.25) is 0 Å². The zero-order valence-electron chi connectivity index (χ0n) is 15.4. The molecule has 154 valence electrons. The molecule has 0 bridgehead atoms. The number of hydrogen-bond acceptors (Lipinski definition) is 5. The zero-order valence-corrected chi connectivity index (χ0v) is 15.4. The Labute approximate surface area is 161 Å². The number of aliphatic hydroxyl groups excluding tert-OH is 1. The van der Waals surface area contributed by atoms with Gasteiger partial charge in [0.1, 0.15) is 5.69 Å². The van der Waals surface area contributed by atoms with E-state index in [-0.39, 0.29) is 25.2 Å². The van der Waals surface area contributed by atoms with E-state index in [1.165, 1.54) is 4.90 Å². The molecule has 28 heavy (non-hydrogen) atoms. The first-order valence-electron chi connectivity index (χ1n) is 9.71. The normalized spacial score (nSPS) is 24.1. The van der Waals surface area contributed by atoms with Crippen LogP contribution in [0.1, 0.15) is 41.2 Å². The molecule has 2 aliphatic heterocycles. The van der Waals surface area contributed by atoms with Crippen LogP contribution in [0.5, 0.6) is 5.88 Å². The van der Waals surface area contributed by atoms with E-state index < -0.39 is 24.1 Å². The molecular weight excluding hydrogens is 375 g/mol. The van der Waals surface area contributed by atoms with Crippen LogP contribution in [0, 0.1) is 11.8 Å². The van der Waals surface area contributed by atoms with Crippen molar-refractivity contribution in [2.24, 2.45) is 11.8 Å². The van der Waals surface area contributed by atoms with Crippen LogP contribution in [-0.2, 0) is 0 Å². The van der Waals surface area contributed by atoms with Crippen LogP contribution in [0.15, 0.2) is 12.1 Å². The topological polar surface area (TPSA) is 74.7 Å². The fraction of sp³-hybridized carbons (Fsp3) is 0.684. The molecule has 1 aliphatic carbocycles. The van der Waals surface area contributed by atoms with Gasteiger partial charge in [-0.1, -0.05) is 6.07 Å². The molecule has 4 rings (SSSR count). The van der Waals surface area contributed by atoms with E-state index in [1.54, 1.807) is 6.07 Å². The predicted molar refractivity (Wildman–Crippen MR) is 94.1 cm³/mol. The van der Waals surface area contributed by atoms with Crippen LogP contribution in [0.3, 0.4) is 0 Å². The average molecular weight is 399 g/mol. The highest BCUT2D eigenvalue weighted by Gasteiger charge is 2.46. The summed E-state index contributed by atoms with van der Waals surface area (Å²) in [5.41, 5.74) is 1.13. The first-order valence-corrected chi connectivity index (χ1v) is 9.71. The number of pyridine rings is 1. The Morgan fingerprint density at radius 2 is 2.07 bits per heavy atom. The van der Waals surface area contributed by atoms with E-state index >= 15 is 0 Å². The van der Waals surface area contributed by atoms with Gasteiger partial charge in [-0.05, 0) is 31.2 Å². The number of rotatable bonds is 6. The van der Waals surface area contributed by atoms with E-state index in [2.05, 4.69) is 10.3 Å². The molecule has 2 atom stereocenters. The number of alkyl halides is 3. The second-order valence-electron chi connectivity index (χ2n) is 7.99. The van der Waals surface area contributed by atoms with E-state index in [1.807, 2.05) is 6.07 Å². The highest BCUT2D eigenvalue weighted by atomic mass is 19.4. The zero-order chi connectivity index (χ0) is 19.9. The number of aliphatic hydroxyl groups is 1. The second-order valence-corrected chi connectivity index (χ2v) is 7.99. The van der Waals surface area contributed by atoms with Crippen molar-refractivity contribution in [1.82, 2.24) is 15.2 Å². The van der Waals surface area contributed by atoms with E-state index in [4.69, 9.17) is 4.74 Å². The maximum absolute atomic E-state index is 12.8. The van der Waals surface area contributed by atoms with E-state index in [0.717, 1.165) is 31.5 Å². The molecule has 2 unspecified atom stereocenters. The first kappa shape index (κ1) is 19.4. The lowest BCUT2D eigenvalue weighted by Gasteiger charge is -2.29. The molecule has 0 aromatic carbocycles. The van der Waals surface area contributed by atoms with Crippen molar-refractivity contribution in [2.75, 3.05) is 32.8 Å². The first-order chi connectivity index (χ1) is 13.3. The Morgan fingerprint density at radius 1 is 1.32 bits per heavy atom. The third-order valence-corrected chi connectivity index (χ3v) is 5.78. The largest absolute Gasteiger partial charge is 0.477 e. The second kappa shape index (κ2) is 7.51. The summed E-state index contributed by atoms with van der Waals surface area (Å²) in [5, 5.41) is 12.7. The van der Waals surface area contributed by atoms with Gasteiger partial charge in [0.15, 0.2) is 6.10 Å². The molecular formula is C19H24F3N3O3. The summed E-state index contributed by atoms with van der Waals surface area (Å²) < 4.78 is 44.1. The van der Waals surface area contributed by atoms with Crippen molar-refractivity contribution in [3.05, 3.63) is 23.4 Å². The molecule has 9 heteroatoms. The van der Waals surface area contributed by atoms with Gasteiger partial charge in [-0.25, -0.2) is 4.98 Å². The fourth-order valence-corrected chi connectivity index (χ4v) is 3.65. The Bertz CT molecular complexity index is 735. The molecule has 6 nitrogen and oxygen atoms in total. The van der Waals surface area contributed by atoms with Crippen molar-refractivity contribution in [1.29, 1.82) is 0 Å². The maximum Gasteiger partial charge on any atom is 0.414 e. The fourth-order valence-electron chi connectivity index (χ4n) is 3.65. The van der Waals surface area contributed by atoms with E-state index in [0.29, 0.717) is 24.3 Å². The van der Waals surface area contributed by atoms with Crippen molar-refractivity contribution >= 4 is 5.91 Å². The summed E-state index contributed by atoms with van der Waals surface area (Å²) in [6.45, 7) is 2.27. The van der Waals surface area contributed by atoms with E-state index in [9.17, 15) is 23.1 Å². The SMILES string of the molecule is O=C(c1ccc(C2CNC2)c(OCC2CC2)n1)N1CCC(C(O)C(F)(F)F)C1. The molecule has 0 spiro atoms. The number of likely N-dealkylation sites (tertiary alicyclic amines) is 1. The molecule has 2 N–H and O–H groups in total. The maximum atomic E-state index is 12.8. The minimum Gasteiger partial charge on any atom is -0.477 e. The molecule has 1 amide bonds. The monoisotopic (exact) mass is 399 g/mol.